The van der Waals surface area contributed by atoms with E-state index in [1.807, 2.05) is 86.6 Å². The lowest BCUT2D eigenvalue weighted by atomic mass is 10.1. The van der Waals surface area contributed by atoms with Gasteiger partial charge in [-0.2, -0.15) is 0 Å². The molecule has 2 aromatic carbocycles. The van der Waals surface area contributed by atoms with Crippen LogP contribution in [-0.2, 0) is 24.4 Å². The Balaban J connectivity index is 1.65. The number of benzene rings is 2. The fraction of sp³-hybridized carbons (Fsp3) is 0.308. The summed E-state index contributed by atoms with van der Waals surface area (Å²) in [5.41, 5.74) is 1.51. The molecule has 0 fully saturated rings. The van der Waals surface area contributed by atoms with Gasteiger partial charge >= 0.3 is 5.69 Å². The zero-order chi connectivity index (χ0) is 24.9. The molecule has 1 N–H and O–H groups in total. The summed E-state index contributed by atoms with van der Waals surface area (Å²) >= 11 is 0. The van der Waals surface area contributed by atoms with E-state index in [4.69, 9.17) is 0 Å². The minimum absolute atomic E-state index is 0.0457. The van der Waals surface area contributed by atoms with Crippen molar-refractivity contribution in [3.8, 4) is 0 Å². The number of nitrogens with zero attached hydrogens (tertiary/aromatic N) is 5. The molecule has 0 saturated heterocycles. The van der Waals surface area contributed by atoms with Crippen molar-refractivity contribution in [3.05, 3.63) is 99.0 Å². The van der Waals surface area contributed by atoms with Crippen molar-refractivity contribution in [1.82, 2.24) is 28.9 Å². The minimum Gasteiger partial charge on any atom is -0.353 e. The molecule has 1 amide bonds. The molecule has 182 valence electrons. The highest BCUT2D eigenvalue weighted by Crippen LogP contribution is 2.16. The van der Waals surface area contributed by atoms with Crippen LogP contribution in [0.3, 0.4) is 0 Å². The van der Waals surface area contributed by atoms with E-state index in [1.54, 1.807) is 10.9 Å². The number of amides is 1. The molecule has 0 bridgehead atoms. The summed E-state index contributed by atoms with van der Waals surface area (Å²) in [5, 5.41) is 2.89. The predicted molar refractivity (Wildman–Crippen MR) is 135 cm³/mol. The van der Waals surface area contributed by atoms with Crippen LogP contribution in [0.15, 0.2) is 76.6 Å². The Hall–Kier alpha value is -3.98. The first kappa shape index (κ1) is 24.2. The second kappa shape index (κ2) is 10.5. The molecule has 0 unspecified atom stereocenters. The van der Waals surface area contributed by atoms with Gasteiger partial charge in [0.2, 0.25) is 5.91 Å². The molecule has 0 radical (unpaired) electrons. The van der Waals surface area contributed by atoms with Gasteiger partial charge in [0.1, 0.15) is 6.54 Å². The Bertz CT molecular complexity index is 1420. The standard InChI is InChI=1S/C26H30N6O3/c1-4-30-18-28-24-23(30)25(34)32(26(35)31(24)16-19-11-7-5-8-12-19)17-22(33)27-15-21(29(2)3)20-13-9-6-10-14-20/h5-14,18,21H,4,15-17H2,1-3H3,(H,27,33)/t21-/m1/s1. The van der Waals surface area contributed by atoms with Crippen LogP contribution in [0.1, 0.15) is 24.1 Å². The Morgan fingerprint density at radius 1 is 1.00 bits per heavy atom. The van der Waals surface area contributed by atoms with Gasteiger partial charge in [0.15, 0.2) is 11.2 Å². The van der Waals surface area contributed by atoms with Crippen LogP contribution in [0.4, 0.5) is 0 Å². The monoisotopic (exact) mass is 474 g/mol. The quantitative estimate of drug-likeness (QED) is 0.400. The largest absolute Gasteiger partial charge is 0.353 e. The van der Waals surface area contributed by atoms with Crippen molar-refractivity contribution >= 4 is 17.1 Å². The van der Waals surface area contributed by atoms with Crippen LogP contribution in [0.5, 0.6) is 0 Å². The molecule has 0 aliphatic rings. The van der Waals surface area contributed by atoms with Gasteiger partial charge in [-0.05, 0) is 32.1 Å². The normalized spacial score (nSPS) is 12.2. The van der Waals surface area contributed by atoms with Crippen LogP contribution in [-0.4, -0.2) is 50.1 Å². The Morgan fingerprint density at radius 3 is 2.29 bits per heavy atom. The number of nitrogens with one attached hydrogen (secondary N) is 1. The molecule has 0 aliphatic carbocycles. The van der Waals surface area contributed by atoms with E-state index in [-0.39, 0.29) is 19.1 Å². The minimum atomic E-state index is -0.560. The van der Waals surface area contributed by atoms with Crippen molar-refractivity contribution < 1.29 is 4.79 Å². The molecule has 4 rings (SSSR count). The van der Waals surface area contributed by atoms with E-state index in [9.17, 15) is 14.4 Å². The number of hydrogen-bond acceptors (Lipinski definition) is 5. The van der Waals surface area contributed by atoms with Gasteiger partial charge in [-0.1, -0.05) is 60.7 Å². The zero-order valence-electron chi connectivity index (χ0n) is 20.2. The average Bonchev–Trinajstić information content (AvgIpc) is 3.30. The summed E-state index contributed by atoms with van der Waals surface area (Å²) < 4.78 is 4.16. The summed E-state index contributed by atoms with van der Waals surface area (Å²) in [5.74, 6) is -0.403. The second-order valence-electron chi connectivity index (χ2n) is 8.64. The fourth-order valence-corrected chi connectivity index (χ4v) is 4.21. The van der Waals surface area contributed by atoms with Crippen LogP contribution in [0, 0.1) is 0 Å². The number of imidazole rings is 1. The lowest BCUT2D eigenvalue weighted by molar-refractivity contribution is -0.122. The van der Waals surface area contributed by atoms with E-state index >= 15 is 0 Å². The number of carbonyl (C=O) groups is 1. The summed E-state index contributed by atoms with van der Waals surface area (Å²) in [4.78, 5) is 46.0. The van der Waals surface area contributed by atoms with Crippen molar-refractivity contribution in [3.63, 3.8) is 0 Å². The molecule has 9 nitrogen and oxygen atoms in total. The molecule has 1 atom stereocenters. The van der Waals surface area contributed by atoms with E-state index in [2.05, 4.69) is 10.3 Å². The number of aryl methyl sites for hydroxylation is 1. The number of fused-ring (bicyclic) bond motifs is 1. The van der Waals surface area contributed by atoms with Crippen LogP contribution < -0.4 is 16.6 Å². The molecule has 4 aromatic rings. The molecule has 0 aliphatic heterocycles. The smallest absolute Gasteiger partial charge is 0.333 e. The third-order valence-corrected chi connectivity index (χ3v) is 6.11. The highest BCUT2D eigenvalue weighted by atomic mass is 16.2. The number of aromatic nitrogens is 4. The SMILES string of the molecule is CCn1cnc2c1c(=O)n(CC(=O)NC[C@H](c1ccccc1)N(C)C)c(=O)n2Cc1ccccc1. The van der Waals surface area contributed by atoms with Gasteiger partial charge in [0.25, 0.3) is 5.56 Å². The van der Waals surface area contributed by atoms with Gasteiger partial charge < -0.3 is 14.8 Å². The summed E-state index contributed by atoms with van der Waals surface area (Å²) in [6.45, 7) is 2.64. The van der Waals surface area contributed by atoms with Gasteiger partial charge in [-0.3, -0.25) is 14.2 Å². The highest BCUT2D eigenvalue weighted by Gasteiger charge is 2.21. The number of rotatable bonds is 9. The van der Waals surface area contributed by atoms with E-state index in [1.165, 1.54) is 4.57 Å². The van der Waals surface area contributed by atoms with Crippen molar-refractivity contribution in [2.45, 2.75) is 32.6 Å². The van der Waals surface area contributed by atoms with Gasteiger partial charge in [0.05, 0.1) is 18.9 Å². The van der Waals surface area contributed by atoms with E-state index in [0.717, 1.165) is 15.7 Å². The number of carbonyl (C=O) groups excluding carboxylic acids is 1. The van der Waals surface area contributed by atoms with E-state index in [0.29, 0.717) is 24.3 Å². The first-order valence-corrected chi connectivity index (χ1v) is 11.6. The van der Waals surface area contributed by atoms with Crippen molar-refractivity contribution in [1.29, 1.82) is 0 Å². The lowest BCUT2D eigenvalue weighted by Gasteiger charge is -2.25. The Kier molecular flexibility index (Phi) is 7.26. The van der Waals surface area contributed by atoms with Crippen molar-refractivity contribution in [2.24, 2.45) is 0 Å². The van der Waals surface area contributed by atoms with Crippen LogP contribution in [0.2, 0.25) is 0 Å². The summed E-state index contributed by atoms with van der Waals surface area (Å²) in [6.07, 6.45) is 1.55. The molecule has 9 heteroatoms. The number of likely N-dealkylation sites (N-methyl/N-ethyl adjacent to an activating group) is 1. The maximum absolute atomic E-state index is 13.4. The van der Waals surface area contributed by atoms with Crippen LogP contribution >= 0.6 is 0 Å². The Labute approximate surface area is 203 Å². The third kappa shape index (κ3) is 5.09. The topological polar surface area (TPSA) is 94.2 Å². The highest BCUT2D eigenvalue weighted by molar-refractivity contribution is 5.76. The van der Waals surface area contributed by atoms with Gasteiger partial charge in [0, 0.05) is 13.1 Å². The summed E-state index contributed by atoms with van der Waals surface area (Å²) in [6, 6.07) is 19.3. The molecule has 35 heavy (non-hydrogen) atoms. The predicted octanol–water partition coefficient (Wildman–Crippen LogP) is 1.85. The molecular weight excluding hydrogens is 444 g/mol. The van der Waals surface area contributed by atoms with E-state index < -0.39 is 17.2 Å². The van der Waals surface area contributed by atoms with Gasteiger partial charge in [-0.25, -0.2) is 14.3 Å². The first-order valence-electron chi connectivity index (χ1n) is 11.6. The molecule has 0 spiro atoms. The Morgan fingerprint density at radius 2 is 1.66 bits per heavy atom. The maximum atomic E-state index is 13.4. The molecule has 2 heterocycles. The lowest BCUT2D eigenvalue weighted by Crippen LogP contribution is -2.45. The fourth-order valence-electron chi connectivity index (χ4n) is 4.21. The summed E-state index contributed by atoms with van der Waals surface area (Å²) in [7, 11) is 3.88. The average molecular weight is 475 g/mol. The molecule has 2 aromatic heterocycles. The van der Waals surface area contributed by atoms with Crippen LogP contribution in [0.25, 0.3) is 11.2 Å². The molecule has 0 saturated carbocycles. The second-order valence-corrected chi connectivity index (χ2v) is 8.64. The third-order valence-electron chi connectivity index (χ3n) is 6.11. The zero-order valence-corrected chi connectivity index (χ0v) is 20.2. The molecular formula is C26H30N6O3. The number of hydrogen-bond donors (Lipinski definition) is 1. The maximum Gasteiger partial charge on any atom is 0.333 e. The first-order chi connectivity index (χ1) is 16.9. The van der Waals surface area contributed by atoms with Gasteiger partial charge in [-0.15, -0.1) is 0 Å². The van der Waals surface area contributed by atoms with Crippen molar-refractivity contribution in [2.75, 3.05) is 20.6 Å².